The summed E-state index contributed by atoms with van der Waals surface area (Å²) in [5, 5.41) is 10.2. The van der Waals surface area contributed by atoms with Gasteiger partial charge in [0.1, 0.15) is 6.10 Å². The van der Waals surface area contributed by atoms with Gasteiger partial charge in [0.15, 0.2) is 5.78 Å². The number of carbonyl (C=O) groups is 2. The summed E-state index contributed by atoms with van der Waals surface area (Å²) >= 11 is 0. The highest BCUT2D eigenvalue weighted by Gasteiger charge is 2.52. The monoisotopic (exact) mass is 823 g/mol. The van der Waals surface area contributed by atoms with Gasteiger partial charge in [-0.3, -0.25) is 9.59 Å². The van der Waals surface area contributed by atoms with Gasteiger partial charge < -0.3 is 9.84 Å². The summed E-state index contributed by atoms with van der Waals surface area (Å²) in [6.45, 7) is 23.4. The number of ether oxygens (including phenoxy) is 1. The van der Waals surface area contributed by atoms with Crippen LogP contribution in [0.25, 0.3) is 0 Å². The second kappa shape index (κ2) is 27.4. The van der Waals surface area contributed by atoms with E-state index in [1.165, 1.54) is 87.3 Å². The van der Waals surface area contributed by atoms with Gasteiger partial charge in [-0.05, 0) is 82.8 Å². The molecule has 4 heteroatoms. The van der Waals surface area contributed by atoms with E-state index in [0.29, 0.717) is 19.3 Å². The van der Waals surface area contributed by atoms with E-state index >= 15 is 0 Å². The van der Waals surface area contributed by atoms with Gasteiger partial charge in [-0.1, -0.05) is 225 Å². The molecule has 2 rings (SSSR count). The molecule has 0 radical (unpaired) electrons. The number of unbranched alkanes of at least 4 members (excludes halogenated alkanes) is 12. The van der Waals surface area contributed by atoms with E-state index in [2.05, 4.69) is 117 Å². The molecule has 0 aromatic carbocycles. The fraction of sp³-hybridized carbons (Fsp3) is 0.607. The fourth-order valence-corrected chi connectivity index (χ4v) is 8.78. The van der Waals surface area contributed by atoms with Crippen molar-refractivity contribution >= 4 is 11.8 Å². The van der Waals surface area contributed by atoms with Crippen molar-refractivity contribution in [2.75, 3.05) is 0 Å². The predicted octanol–water partition coefficient (Wildman–Crippen LogP) is 15.8. The third kappa shape index (κ3) is 19.9. The minimum Gasteiger partial charge on any atom is -0.462 e. The third-order valence-corrected chi connectivity index (χ3v) is 12.9. The first-order chi connectivity index (χ1) is 28.4. The van der Waals surface area contributed by atoms with E-state index in [-0.39, 0.29) is 28.7 Å². The lowest BCUT2D eigenvalue weighted by molar-refractivity contribution is -0.150. The molecule has 1 fully saturated rings. The van der Waals surface area contributed by atoms with Gasteiger partial charge in [0.2, 0.25) is 0 Å². The summed E-state index contributed by atoms with van der Waals surface area (Å²) < 4.78 is 6.01. The summed E-state index contributed by atoms with van der Waals surface area (Å²) in [6.07, 6.45) is 48.6. The number of allylic oxidation sites excluding steroid dienone is 19. The van der Waals surface area contributed by atoms with Crippen LogP contribution in [0.15, 0.2) is 119 Å². The number of esters is 1. The average molecular weight is 823 g/mol. The molecule has 334 valence electrons. The van der Waals surface area contributed by atoms with Gasteiger partial charge in [0.25, 0.3) is 0 Å². The Labute approximate surface area is 368 Å². The lowest BCUT2D eigenvalue weighted by atomic mass is 9.66. The summed E-state index contributed by atoms with van der Waals surface area (Å²) in [7, 11) is 0. The van der Waals surface area contributed by atoms with Crippen LogP contribution in [-0.2, 0) is 14.3 Å². The minimum atomic E-state index is -0.540. The van der Waals surface area contributed by atoms with E-state index in [4.69, 9.17) is 4.74 Å². The standard InChI is InChI=1S/C56H86O4/c1-12-13-14-15-16-17-18-19-20-21-22-23-24-35-53(59)60-50-40-48(6)51(54(7,8)43-50)38-36-46(4)33-27-31-44(2)29-25-26-30-45(3)32-28-34-47(5)37-39-52(58)56(11)42-49(57)41-55(56,9)10/h25-34,36-39,49-50,57H,12-24,35,40-43H2,1-11H3/b26-25+,31-27+,32-28+,38-36+,39-37+,44-29+,45-30+,46-33+,47-34+/t49-,50+,56-/m0/s1. The number of aliphatic hydroxyl groups is 1. The number of ketones is 1. The van der Waals surface area contributed by atoms with Gasteiger partial charge in [-0.2, -0.15) is 0 Å². The maximum atomic E-state index is 13.0. The summed E-state index contributed by atoms with van der Waals surface area (Å²) in [5.74, 6) is 0.0524. The molecule has 0 amide bonds. The molecule has 0 aliphatic heterocycles. The lowest BCUT2D eigenvalue weighted by Gasteiger charge is -2.37. The van der Waals surface area contributed by atoms with Crippen molar-refractivity contribution in [1.29, 1.82) is 0 Å². The van der Waals surface area contributed by atoms with Crippen molar-refractivity contribution in [2.45, 2.75) is 204 Å². The summed E-state index contributed by atoms with van der Waals surface area (Å²) in [6, 6.07) is 0. The number of hydrogen-bond donors (Lipinski definition) is 1. The number of hydrogen-bond acceptors (Lipinski definition) is 4. The van der Waals surface area contributed by atoms with Crippen molar-refractivity contribution in [1.82, 2.24) is 0 Å². The Kier molecular flexibility index (Phi) is 24.1. The first-order valence-electron chi connectivity index (χ1n) is 23.6. The molecule has 1 N–H and O–H groups in total. The number of rotatable bonds is 26. The SMILES string of the molecule is CCCCCCCCCCCCCCCC(=O)O[C@@H]1CC(C)=C(/C=C/C(C)=C/C=C/C(C)=C/C=C/C=C(C)/C=C/C=C(C)/C=C/C(=O)[C@]2(C)C[C@@H](O)CC2(C)C)C(C)(C)C1. The Morgan fingerprint density at radius 2 is 1.08 bits per heavy atom. The lowest BCUT2D eigenvalue weighted by Crippen LogP contribution is -2.36. The first-order valence-corrected chi connectivity index (χ1v) is 23.6. The molecular weight excluding hydrogens is 737 g/mol. The van der Waals surface area contributed by atoms with Gasteiger partial charge in [-0.25, -0.2) is 0 Å². The molecule has 4 nitrogen and oxygen atoms in total. The Morgan fingerprint density at radius 3 is 1.57 bits per heavy atom. The van der Waals surface area contributed by atoms with Crippen molar-refractivity contribution in [3.63, 3.8) is 0 Å². The van der Waals surface area contributed by atoms with Crippen molar-refractivity contribution in [3.8, 4) is 0 Å². The quantitative estimate of drug-likeness (QED) is 0.0408. The molecule has 60 heavy (non-hydrogen) atoms. The van der Waals surface area contributed by atoms with E-state index in [1.807, 2.05) is 38.2 Å². The maximum Gasteiger partial charge on any atom is 0.306 e. The third-order valence-electron chi connectivity index (χ3n) is 12.9. The second-order valence-electron chi connectivity index (χ2n) is 19.6. The molecule has 0 saturated heterocycles. The molecule has 0 aromatic heterocycles. The van der Waals surface area contributed by atoms with Crippen LogP contribution in [0.5, 0.6) is 0 Å². The summed E-state index contributed by atoms with van der Waals surface area (Å²) in [4.78, 5) is 25.7. The van der Waals surface area contributed by atoms with E-state index in [0.717, 1.165) is 42.4 Å². The molecule has 2 aliphatic rings. The Balaban J connectivity index is 1.76. The summed E-state index contributed by atoms with van der Waals surface area (Å²) in [5.41, 5.74) is 6.30. The highest BCUT2D eigenvalue weighted by molar-refractivity contribution is 5.95. The largest absolute Gasteiger partial charge is 0.462 e. The fourth-order valence-electron chi connectivity index (χ4n) is 8.78. The zero-order valence-corrected chi connectivity index (χ0v) is 40.1. The van der Waals surface area contributed by atoms with Crippen molar-refractivity contribution in [3.05, 3.63) is 119 Å². The first kappa shape index (κ1) is 52.6. The van der Waals surface area contributed by atoms with E-state index in [9.17, 15) is 14.7 Å². The zero-order valence-electron chi connectivity index (χ0n) is 40.1. The normalized spacial score (nSPS) is 23.1. The van der Waals surface area contributed by atoms with E-state index < -0.39 is 11.5 Å². The van der Waals surface area contributed by atoms with Gasteiger partial charge in [0, 0.05) is 18.3 Å². The molecule has 3 atom stereocenters. The molecule has 0 bridgehead atoms. The van der Waals surface area contributed by atoms with Crippen LogP contribution < -0.4 is 0 Å². The maximum absolute atomic E-state index is 13.0. The molecule has 0 aromatic rings. The van der Waals surface area contributed by atoms with Gasteiger partial charge >= 0.3 is 5.97 Å². The van der Waals surface area contributed by atoms with Crippen LogP contribution in [-0.4, -0.2) is 29.1 Å². The van der Waals surface area contributed by atoms with Gasteiger partial charge in [-0.15, -0.1) is 0 Å². The van der Waals surface area contributed by atoms with Crippen LogP contribution >= 0.6 is 0 Å². The highest BCUT2D eigenvalue weighted by Crippen LogP contribution is 2.53. The molecular formula is C56H86O4. The van der Waals surface area contributed by atoms with E-state index in [1.54, 1.807) is 6.08 Å². The topological polar surface area (TPSA) is 63.6 Å². The van der Waals surface area contributed by atoms with Crippen LogP contribution in [0.2, 0.25) is 0 Å². The van der Waals surface area contributed by atoms with Crippen LogP contribution in [0.4, 0.5) is 0 Å². The Bertz CT molecular complexity index is 1660. The molecule has 1 saturated carbocycles. The van der Waals surface area contributed by atoms with Crippen LogP contribution in [0, 0.1) is 16.2 Å². The van der Waals surface area contributed by atoms with Crippen LogP contribution in [0.1, 0.15) is 192 Å². The molecule has 0 unspecified atom stereocenters. The Hall–Kier alpha value is -3.50. The highest BCUT2D eigenvalue weighted by atomic mass is 16.5. The van der Waals surface area contributed by atoms with Gasteiger partial charge in [0.05, 0.1) is 6.10 Å². The minimum absolute atomic E-state index is 0.0315. The predicted molar refractivity (Wildman–Crippen MR) is 259 cm³/mol. The van der Waals surface area contributed by atoms with Crippen LogP contribution in [0.3, 0.4) is 0 Å². The Morgan fingerprint density at radius 1 is 0.617 bits per heavy atom. The average Bonchev–Trinajstić information content (AvgIpc) is 3.38. The number of aliphatic hydroxyl groups excluding tert-OH is 1. The molecule has 0 heterocycles. The number of carbonyl (C=O) groups excluding carboxylic acids is 2. The van der Waals surface area contributed by atoms with Crippen molar-refractivity contribution in [2.24, 2.45) is 16.2 Å². The second-order valence-corrected chi connectivity index (χ2v) is 19.6. The van der Waals surface area contributed by atoms with Crippen molar-refractivity contribution < 1.29 is 19.4 Å². The zero-order chi connectivity index (χ0) is 44.6. The molecule has 0 spiro atoms. The molecule has 2 aliphatic carbocycles. The smallest absolute Gasteiger partial charge is 0.306 e.